The summed E-state index contributed by atoms with van der Waals surface area (Å²) in [5.74, 6) is 0.226. The third kappa shape index (κ3) is 2.45. The highest BCUT2D eigenvalue weighted by Crippen LogP contribution is 2.33. The first-order valence-electron chi connectivity index (χ1n) is 4.96. The molecule has 1 aliphatic heterocycles. The van der Waals surface area contributed by atoms with E-state index in [4.69, 9.17) is 10.5 Å². The van der Waals surface area contributed by atoms with E-state index in [1.165, 1.54) is 12.3 Å². The Morgan fingerprint density at radius 2 is 2.33 bits per heavy atom. The number of fused-ring (bicyclic) bond motifs is 1. The number of amides is 1. The Bertz CT molecular complexity index is 586. The quantitative estimate of drug-likeness (QED) is 0.791. The van der Waals surface area contributed by atoms with Crippen molar-refractivity contribution in [3.63, 3.8) is 0 Å². The lowest BCUT2D eigenvalue weighted by Crippen LogP contribution is -2.37. The van der Waals surface area contributed by atoms with Gasteiger partial charge in [-0.15, -0.1) is 0 Å². The summed E-state index contributed by atoms with van der Waals surface area (Å²) in [4.78, 5) is 14.5. The predicted molar refractivity (Wildman–Crippen MR) is 62.1 cm³/mol. The molecule has 18 heavy (non-hydrogen) atoms. The Morgan fingerprint density at radius 1 is 1.61 bits per heavy atom. The maximum atomic E-state index is 11.6. The molecule has 2 N–H and O–H groups in total. The minimum atomic E-state index is -3.44. The van der Waals surface area contributed by atoms with E-state index in [0.29, 0.717) is 0 Å². The molecule has 0 saturated heterocycles. The van der Waals surface area contributed by atoms with Crippen molar-refractivity contribution in [2.24, 2.45) is 5.73 Å². The Labute approximate surface area is 103 Å². The van der Waals surface area contributed by atoms with Gasteiger partial charge < -0.3 is 15.2 Å². The highest BCUT2D eigenvalue weighted by Gasteiger charge is 2.27. The number of hydrogen-bond acceptors (Lipinski definition) is 6. The minimum Gasteiger partial charge on any atom is -0.474 e. The molecular formula is C9H11N3O5S. The average molecular weight is 273 g/mol. The van der Waals surface area contributed by atoms with Gasteiger partial charge in [-0.1, -0.05) is 0 Å². The summed E-state index contributed by atoms with van der Waals surface area (Å²) in [7, 11) is -3.44. The van der Waals surface area contributed by atoms with E-state index in [9.17, 15) is 13.2 Å². The lowest BCUT2D eigenvalue weighted by atomic mass is 10.3. The zero-order chi connectivity index (χ0) is 13.3. The van der Waals surface area contributed by atoms with E-state index >= 15 is 0 Å². The lowest BCUT2D eigenvalue weighted by molar-refractivity contribution is 0.210. The van der Waals surface area contributed by atoms with Gasteiger partial charge in [-0.3, -0.25) is 4.31 Å². The van der Waals surface area contributed by atoms with Gasteiger partial charge in [0.15, 0.2) is 5.75 Å². The van der Waals surface area contributed by atoms with Crippen LogP contribution in [0.4, 0.5) is 10.5 Å². The zero-order valence-corrected chi connectivity index (χ0v) is 10.3. The number of hydrogen-bond donors (Lipinski definition) is 1. The fourth-order valence-electron chi connectivity index (χ4n) is 1.57. The number of pyridine rings is 1. The van der Waals surface area contributed by atoms with Gasteiger partial charge in [0.25, 0.3) is 0 Å². The molecule has 98 valence electrons. The van der Waals surface area contributed by atoms with Gasteiger partial charge in [-0.2, -0.15) is 0 Å². The Kier molecular flexibility index (Phi) is 2.99. The molecule has 0 fully saturated rings. The number of aromatic nitrogens is 1. The number of carbonyl (C=O) groups is 1. The van der Waals surface area contributed by atoms with E-state index in [2.05, 4.69) is 9.72 Å². The van der Waals surface area contributed by atoms with Crippen LogP contribution in [0.15, 0.2) is 12.3 Å². The second-order valence-electron chi connectivity index (χ2n) is 3.60. The van der Waals surface area contributed by atoms with Gasteiger partial charge in [0.1, 0.15) is 12.3 Å². The highest BCUT2D eigenvalue weighted by molar-refractivity contribution is 7.92. The van der Waals surface area contributed by atoms with Crippen LogP contribution in [0.3, 0.4) is 0 Å². The minimum absolute atomic E-state index is 0.0559. The van der Waals surface area contributed by atoms with Gasteiger partial charge in [-0.05, 0) is 0 Å². The molecule has 1 aromatic heterocycles. The van der Waals surface area contributed by atoms with Crippen molar-refractivity contribution in [3.05, 3.63) is 12.3 Å². The van der Waals surface area contributed by atoms with Crippen molar-refractivity contribution in [2.45, 2.75) is 0 Å². The Morgan fingerprint density at radius 3 is 2.94 bits per heavy atom. The number of nitrogens with two attached hydrogens (primary N) is 1. The van der Waals surface area contributed by atoms with Gasteiger partial charge in [0.2, 0.25) is 15.9 Å². The largest absolute Gasteiger partial charge is 0.474 e. The molecule has 0 atom stereocenters. The lowest BCUT2D eigenvalue weighted by Gasteiger charge is -2.28. The van der Waals surface area contributed by atoms with Gasteiger partial charge in [0.05, 0.1) is 19.0 Å². The topological polar surface area (TPSA) is 112 Å². The first-order chi connectivity index (χ1) is 8.38. The summed E-state index contributed by atoms with van der Waals surface area (Å²) in [5.41, 5.74) is 5.09. The molecule has 2 rings (SSSR count). The molecule has 8 nitrogen and oxygen atoms in total. The summed E-state index contributed by atoms with van der Waals surface area (Å²) in [6, 6.07) is 1.34. The third-order valence-electron chi connectivity index (χ3n) is 2.23. The summed E-state index contributed by atoms with van der Waals surface area (Å²) >= 11 is 0. The van der Waals surface area contributed by atoms with Crippen molar-refractivity contribution in [1.82, 2.24) is 4.98 Å². The molecule has 1 aromatic rings. The van der Waals surface area contributed by atoms with Crippen molar-refractivity contribution < 1.29 is 22.7 Å². The van der Waals surface area contributed by atoms with Gasteiger partial charge >= 0.3 is 6.09 Å². The van der Waals surface area contributed by atoms with Crippen LogP contribution in [0.25, 0.3) is 0 Å². The van der Waals surface area contributed by atoms with Crippen LogP contribution in [0, 0.1) is 0 Å². The number of nitrogens with zero attached hydrogens (tertiary/aromatic N) is 2. The Hall–Kier alpha value is -2.03. The second kappa shape index (κ2) is 4.33. The van der Waals surface area contributed by atoms with E-state index in [0.717, 1.165) is 10.6 Å². The Balaban J connectivity index is 2.44. The molecular weight excluding hydrogens is 262 g/mol. The standard InChI is InChI=1S/C9H11N3O5S/c1-18(14,15)12-2-3-16-8-7(12)4-6(5-11-8)17-9(10)13/h4-5H,2-3H2,1H3,(H2,10,13). The molecule has 1 aliphatic rings. The fraction of sp³-hybridized carbons (Fsp3) is 0.333. The molecule has 0 aliphatic carbocycles. The molecule has 0 unspecified atom stereocenters. The van der Waals surface area contributed by atoms with Crippen LogP contribution in [0.1, 0.15) is 0 Å². The maximum absolute atomic E-state index is 11.6. The molecule has 0 radical (unpaired) electrons. The van der Waals surface area contributed by atoms with Crippen LogP contribution in [0.5, 0.6) is 11.6 Å². The average Bonchev–Trinajstić information content (AvgIpc) is 2.26. The molecule has 0 aromatic carbocycles. The highest BCUT2D eigenvalue weighted by atomic mass is 32.2. The number of primary amides is 1. The molecule has 0 saturated carbocycles. The van der Waals surface area contributed by atoms with Crippen LogP contribution >= 0.6 is 0 Å². The predicted octanol–water partition coefficient (Wildman–Crippen LogP) is -0.303. The normalized spacial score (nSPS) is 14.6. The number of ether oxygens (including phenoxy) is 2. The second-order valence-corrected chi connectivity index (χ2v) is 5.51. The zero-order valence-electron chi connectivity index (χ0n) is 9.49. The first-order valence-corrected chi connectivity index (χ1v) is 6.80. The smallest absolute Gasteiger partial charge is 0.410 e. The first kappa shape index (κ1) is 12.4. The van der Waals surface area contributed by atoms with E-state index < -0.39 is 16.1 Å². The van der Waals surface area contributed by atoms with Crippen LogP contribution < -0.4 is 19.5 Å². The molecule has 0 bridgehead atoms. The number of carbonyl (C=O) groups excluding carboxylic acids is 1. The molecule has 1 amide bonds. The van der Waals surface area contributed by atoms with E-state index in [1.807, 2.05) is 0 Å². The third-order valence-corrected chi connectivity index (χ3v) is 3.41. The molecule has 9 heteroatoms. The fourth-order valence-corrected chi connectivity index (χ4v) is 2.47. The summed E-state index contributed by atoms with van der Waals surface area (Å²) in [6.45, 7) is 0.386. The van der Waals surface area contributed by atoms with Crippen LogP contribution in [-0.4, -0.2) is 38.9 Å². The monoisotopic (exact) mass is 273 g/mol. The summed E-state index contributed by atoms with van der Waals surface area (Å²) < 4.78 is 34.2. The van der Waals surface area contributed by atoms with Crippen LogP contribution in [0.2, 0.25) is 0 Å². The van der Waals surface area contributed by atoms with E-state index in [-0.39, 0.29) is 30.5 Å². The van der Waals surface area contributed by atoms with Crippen molar-refractivity contribution in [2.75, 3.05) is 23.7 Å². The van der Waals surface area contributed by atoms with Crippen molar-refractivity contribution in [1.29, 1.82) is 0 Å². The van der Waals surface area contributed by atoms with Crippen molar-refractivity contribution >= 4 is 21.8 Å². The SMILES string of the molecule is CS(=O)(=O)N1CCOc2ncc(OC(N)=O)cc21. The maximum Gasteiger partial charge on any atom is 0.410 e. The van der Waals surface area contributed by atoms with Gasteiger partial charge in [-0.25, -0.2) is 18.2 Å². The number of rotatable bonds is 2. The summed E-state index contributed by atoms with van der Waals surface area (Å²) in [5, 5.41) is 0. The molecule has 0 spiro atoms. The van der Waals surface area contributed by atoms with Gasteiger partial charge in [0, 0.05) is 6.07 Å². The van der Waals surface area contributed by atoms with Crippen LogP contribution in [-0.2, 0) is 10.0 Å². The van der Waals surface area contributed by atoms with Crippen molar-refractivity contribution in [3.8, 4) is 11.6 Å². The van der Waals surface area contributed by atoms with E-state index in [1.54, 1.807) is 0 Å². The number of anilines is 1. The number of sulfonamides is 1. The molecule has 2 heterocycles. The summed E-state index contributed by atoms with van der Waals surface area (Å²) in [6.07, 6.45) is 1.30.